The Morgan fingerprint density at radius 3 is 2.92 bits per heavy atom. The topological polar surface area (TPSA) is 75.2 Å². The SMILES string of the molecule is COc1cc2ncc(-c3cccc(NC4CCCC4)n3)n2cc1C#N. The fourth-order valence-electron chi connectivity index (χ4n) is 3.38. The highest BCUT2D eigenvalue weighted by atomic mass is 16.5. The van der Waals surface area contributed by atoms with Gasteiger partial charge in [-0.15, -0.1) is 0 Å². The lowest BCUT2D eigenvalue weighted by Crippen LogP contribution is -2.15. The summed E-state index contributed by atoms with van der Waals surface area (Å²) in [5.74, 6) is 1.41. The number of hydrogen-bond donors (Lipinski definition) is 1. The summed E-state index contributed by atoms with van der Waals surface area (Å²) in [4.78, 5) is 9.17. The maximum Gasteiger partial charge on any atom is 0.141 e. The number of methoxy groups -OCH3 is 1. The number of rotatable bonds is 4. The quantitative estimate of drug-likeness (QED) is 0.789. The minimum absolute atomic E-state index is 0.467. The molecule has 0 aromatic carbocycles. The molecule has 0 unspecified atom stereocenters. The van der Waals surface area contributed by atoms with Crippen LogP contribution < -0.4 is 10.1 Å². The van der Waals surface area contributed by atoms with E-state index in [4.69, 9.17) is 9.72 Å². The Hall–Kier alpha value is -3.07. The largest absolute Gasteiger partial charge is 0.495 e. The van der Waals surface area contributed by atoms with Gasteiger partial charge in [0, 0.05) is 18.3 Å². The second kappa shape index (κ2) is 6.44. The highest BCUT2D eigenvalue weighted by Gasteiger charge is 2.16. The van der Waals surface area contributed by atoms with Gasteiger partial charge in [-0.2, -0.15) is 5.26 Å². The van der Waals surface area contributed by atoms with Crippen LogP contribution in [0.2, 0.25) is 0 Å². The van der Waals surface area contributed by atoms with Gasteiger partial charge in [-0.05, 0) is 25.0 Å². The number of fused-ring (bicyclic) bond motifs is 1. The van der Waals surface area contributed by atoms with Gasteiger partial charge in [0.05, 0.1) is 24.7 Å². The van der Waals surface area contributed by atoms with Gasteiger partial charge in [0.1, 0.15) is 28.8 Å². The third-order valence-corrected chi connectivity index (χ3v) is 4.67. The predicted octanol–water partition coefficient (Wildman–Crippen LogP) is 3.63. The summed E-state index contributed by atoms with van der Waals surface area (Å²) >= 11 is 0. The zero-order valence-corrected chi connectivity index (χ0v) is 14.1. The van der Waals surface area contributed by atoms with E-state index in [0.717, 1.165) is 22.9 Å². The maximum atomic E-state index is 9.32. The molecular formula is C19H19N5O. The lowest BCUT2D eigenvalue weighted by atomic mass is 10.2. The van der Waals surface area contributed by atoms with Crippen LogP contribution in [0.1, 0.15) is 31.2 Å². The van der Waals surface area contributed by atoms with Crippen molar-refractivity contribution >= 4 is 11.5 Å². The molecule has 0 saturated heterocycles. The summed E-state index contributed by atoms with van der Waals surface area (Å²) in [6.45, 7) is 0. The van der Waals surface area contributed by atoms with Gasteiger partial charge in [-0.3, -0.25) is 4.40 Å². The summed E-state index contributed by atoms with van der Waals surface area (Å²) in [5, 5.41) is 12.8. The zero-order chi connectivity index (χ0) is 17.2. The molecule has 1 N–H and O–H groups in total. The van der Waals surface area contributed by atoms with Crippen molar-refractivity contribution in [3.63, 3.8) is 0 Å². The van der Waals surface area contributed by atoms with Crippen LogP contribution in [0.5, 0.6) is 5.75 Å². The van der Waals surface area contributed by atoms with Crippen molar-refractivity contribution in [2.24, 2.45) is 0 Å². The van der Waals surface area contributed by atoms with Crippen LogP contribution in [0.15, 0.2) is 36.7 Å². The Morgan fingerprint density at radius 1 is 1.32 bits per heavy atom. The first-order chi connectivity index (χ1) is 12.3. The van der Waals surface area contributed by atoms with Gasteiger partial charge in [0.15, 0.2) is 0 Å². The molecule has 1 aliphatic carbocycles. The minimum Gasteiger partial charge on any atom is -0.495 e. The fraction of sp³-hybridized carbons (Fsp3) is 0.316. The molecule has 3 aromatic heterocycles. The van der Waals surface area contributed by atoms with Crippen LogP contribution in [0, 0.1) is 11.3 Å². The number of nitrogens with one attached hydrogen (secondary N) is 1. The van der Waals surface area contributed by atoms with Crippen molar-refractivity contribution in [2.45, 2.75) is 31.7 Å². The highest BCUT2D eigenvalue weighted by Crippen LogP contribution is 2.26. The van der Waals surface area contributed by atoms with Gasteiger partial charge >= 0.3 is 0 Å². The number of nitriles is 1. The molecule has 0 atom stereocenters. The lowest BCUT2D eigenvalue weighted by Gasteiger charge is -2.13. The molecular weight excluding hydrogens is 314 g/mol. The van der Waals surface area contributed by atoms with Crippen molar-refractivity contribution < 1.29 is 4.74 Å². The van der Waals surface area contributed by atoms with Crippen LogP contribution in [-0.2, 0) is 0 Å². The first kappa shape index (κ1) is 15.5. The van der Waals surface area contributed by atoms with Crippen LogP contribution in [-0.4, -0.2) is 27.5 Å². The van der Waals surface area contributed by atoms with Gasteiger partial charge < -0.3 is 10.1 Å². The molecule has 25 heavy (non-hydrogen) atoms. The number of anilines is 1. The average Bonchev–Trinajstić information content (AvgIpc) is 3.29. The number of hydrogen-bond acceptors (Lipinski definition) is 5. The predicted molar refractivity (Wildman–Crippen MR) is 95.6 cm³/mol. The molecule has 1 saturated carbocycles. The van der Waals surface area contributed by atoms with Gasteiger partial charge in [0.2, 0.25) is 0 Å². The first-order valence-electron chi connectivity index (χ1n) is 8.47. The molecule has 3 heterocycles. The summed E-state index contributed by atoms with van der Waals surface area (Å²) in [5.41, 5.74) is 2.87. The summed E-state index contributed by atoms with van der Waals surface area (Å²) in [6.07, 6.45) is 8.49. The summed E-state index contributed by atoms with van der Waals surface area (Å²) in [6, 6.07) is 10.4. The molecule has 0 bridgehead atoms. The summed E-state index contributed by atoms with van der Waals surface area (Å²) in [7, 11) is 1.55. The van der Waals surface area contributed by atoms with E-state index in [1.807, 2.05) is 22.6 Å². The molecule has 1 aliphatic rings. The molecule has 126 valence electrons. The van der Waals surface area contributed by atoms with E-state index in [9.17, 15) is 5.26 Å². The molecule has 0 radical (unpaired) electrons. The van der Waals surface area contributed by atoms with Crippen molar-refractivity contribution in [3.8, 4) is 23.2 Å². The van der Waals surface area contributed by atoms with Crippen molar-refractivity contribution in [3.05, 3.63) is 42.2 Å². The van der Waals surface area contributed by atoms with E-state index in [1.54, 1.807) is 25.6 Å². The number of ether oxygens (including phenoxy) is 1. The van der Waals surface area contributed by atoms with Crippen molar-refractivity contribution in [1.82, 2.24) is 14.4 Å². The van der Waals surface area contributed by atoms with Crippen LogP contribution in [0.4, 0.5) is 5.82 Å². The third kappa shape index (κ3) is 2.89. The minimum atomic E-state index is 0.467. The average molecular weight is 333 g/mol. The highest BCUT2D eigenvalue weighted by molar-refractivity contribution is 5.64. The maximum absolute atomic E-state index is 9.32. The molecule has 3 aromatic rings. The monoisotopic (exact) mass is 333 g/mol. The lowest BCUT2D eigenvalue weighted by molar-refractivity contribution is 0.413. The van der Waals surface area contributed by atoms with Gasteiger partial charge in [-0.1, -0.05) is 18.9 Å². The Bertz CT molecular complexity index is 950. The second-order valence-electron chi connectivity index (χ2n) is 6.27. The Morgan fingerprint density at radius 2 is 2.16 bits per heavy atom. The molecule has 6 nitrogen and oxygen atoms in total. The van der Waals surface area contributed by atoms with E-state index >= 15 is 0 Å². The molecule has 0 amide bonds. The number of imidazole rings is 1. The van der Waals surface area contributed by atoms with Crippen molar-refractivity contribution in [1.29, 1.82) is 5.26 Å². The second-order valence-corrected chi connectivity index (χ2v) is 6.27. The Balaban J connectivity index is 1.73. The summed E-state index contributed by atoms with van der Waals surface area (Å²) < 4.78 is 7.13. The number of nitrogens with zero attached hydrogens (tertiary/aromatic N) is 4. The van der Waals surface area contributed by atoms with E-state index in [0.29, 0.717) is 17.4 Å². The molecule has 6 heteroatoms. The van der Waals surface area contributed by atoms with Gasteiger partial charge in [-0.25, -0.2) is 9.97 Å². The van der Waals surface area contributed by atoms with E-state index < -0.39 is 0 Å². The molecule has 1 fully saturated rings. The van der Waals surface area contributed by atoms with E-state index in [1.165, 1.54) is 25.7 Å². The Kier molecular flexibility index (Phi) is 3.98. The Labute approximate surface area is 146 Å². The normalized spacial score (nSPS) is 14.6. The molecule has 0 spiro atoms. The van der Waals surface area contributed by atoms with E-state index in [-0.39, 0.29) is 0 Å². The molecule has 4 rings (SSSR count). The first-order valence-corrected chi connectivity index (χ1v) is 8.47. The van der Waals surface area contributed by atoms with E-state index in [2.05, 4.69) is 16.4 Å². The number of aromatic nitrogens is 3. The zero-order valence-electron chi connectivity index (χ0n) is 14.1. The van der Waals surface area contributed by atoms with Crippen molar-refractivity contribution in [2.75, 3.05) is 12.4 Å². The smallest absolute Gasteiger partial charge is 0.141 e. The van der Waals surface area contributed by atoms with Crippen LogP contribution in [0.3, 0.4) is 0 Å². The standard InChI is InChI=1S/C19H19N5O/c1-25-17-9-19-21-11-16(24(19)12-13(17)10-20)15-7-4-8-18(23-15)22-14-5-2-3-6-14/h4,7-9,11-12,14H,2-3,5-6H2,1H3,(H,22,23). The molecule has 0 aliphatic heterocycles. The van der Waals surface area contributed by atoms with Gasteiger partial charge in [0.25, 0.3) is 0 Å². The third-order valence-electron chi connectivity index (χ3n) is 4.67. The fourth-order valence-corrected chi connectivity index (χ4v) is 3.38. The van der Waals surface area contributed by atoms with Crippen LogP contribution in [0.25, 0.3) is 17.0 Å². The number of pyridine rings is 2. The van der Waals surface area contributed by atoms with Crippen LogP contribution >= 0.6 is 0 Å².